The van der Waals surface area contributed by atoms with Gasteiger partial charge < -0.3 is 25.8 Å². The molecule has 4 amide bonds. The van der Waals surface area contributed by atoms with Gasteiger partial charge in [0.05, 0.1) is 24.5 Å². The third-order valence-electron chi connectivity index (χ3n) is 10.9. The Morgan fingerprint density at radius 3 is 1.51 bits per heavy atom. The second-order valence-electron chi connectivity index (χ2n) is 18.9. The van der Waals surface area contributed by atoms with Crippen molar-refractivity contribution in [1.82, 2.24) is 40.4 Å². The first-order chi connectivity index (χ1) is 31.8. The van der Waals surface area contributed by atoms with Crippen LogP contribution in [0.2, 0.25) is 0 Å². The fourth-order valence-electron chi connectivity index (χ4n) is 7.21. The van der Waals surface area contributed by atoms with Gasteiger partial charge in [-0.25, -0.2) is 9.59 Å². The molecule has 6 rings (SSSR count). The zero-order chi connectivity index (χ0) is 50.2. The number of alkyl carbamates (subject to hydrolysis) is 1. The molecule has 0 spiro atoms. The number of halogens is 2. The van der Waals surface area contributed by atoms with Crippen molar-refractivity contribution in [2.45, 2.75) is 106 Å². The summed E-state index contributed by atoms with van der Waals surface area (Å²) in [6.07, 6.45) is 6.03. The number of amides is 4. The van der Waals surface area contributed by atoms with E-state index < -0.39 is 23.3 Å². The number of hydrogen-bond acceptors (Lipinski definition) is 7. The molecule has 0 aliphatic heterocycles. The van der Waals surface area contributed by atoms with Crippen LogP contribution in [-0.4, -0.2) is 64.7 Å². The van der Waals surface area contributed by atoms with Gasteiger partial charge in [-0.05, 0) is 162 Å². The van der Waals surface area contributed by atoms with E-state index in [4.69, 9.17) is 4.74 Å². The molecule has 0 radical (unpaired) electrons. The lowest BCUT2D eigenvalue weighted by Crippen LogP contribution is -2.44. The zero-order valence-electron chi connectivity index (χ0n) is 40.8. The lowest BCUT2D eigenvalue weighted by Gasteiger charge is -2.33. The van der Waals surface area contributed by atoms with Crippen molar-refractivity contribution in [3.05, 3.63) is 151 Å². The maximum absolute atomic E-state index is 13.2. The summed E-state index contributed by atoms with van der Waals surface area (Å²) in [5.74, 6) is -0.376. The number of hydrogen-bond donors (Lipinski definition) is 4. The van der Waals surface area contributed by atoms with E-state index in [2.05, 4.69) is 64.1 Å². The van der Waals surface area contributed by atoms with Crippen molar-refractivity contribution in [2.24, 2.45) is 14.1 Å². The minimum absolute atomic E-state index is 0.174. The number of carbonyl (C=O) groups excluding carboxylic acids is 3. The van der Waals surface area contributed by atoms with Crippen molar-refractivity contribution in [3.63, 3.8) is 0 Å². The number of rotatable bonds is 12. The van der Waals surface area contributed by atoms with E-state index in [0.29, 0.717) is 11.1 Å². The van der Waals surface area contributed by atoms with E-state index in [1.54, 1.807) is 21.5 Å². The average molecular weight is 1050 g/mol. The Hall–Kier alpha value is -6.26. The van der Waals surface area contributed by atoms with E-state index in [1.807, 2.05) is 163 Å². The van der Waals surface area contributed by atoms with E-state index in [-0.39, 0.29) is 37.0 Å². The van der Waals surface area contributed by atoms with Crippen molar-refractivity contribution < 1.29 is 29.0 Å². The first-order valence-electron chi connectivity index (χ1n) is 22.1. The number of aromatic nitrogens is 4. The van der Waals surface area contributed by atoms with Crippen molar-refractivity contribution in [1.29, 1.82) is 0 Å². The summed E-state index contributed by atoms with van der Waals surface area (Å²) in [7, 11) is 3.75. The molecule has 360 valence electrons. The molecule has 2 atom stereocenters. The van der Waals surface area contributed by atoms with Gasteiger partial charge in [0.15, 0.2) is 0 Å². The van der Waals surface area contributed by atoms with Crippen LogP contribution in [-0.2, 0) is 31.9 Å². The minimum Gasteiger partial charge on any atom is -0.465 e. The lowest BCUT2D eigenvalue weighted by molar-refractivity contribution is 0.0523. The molecule has 2 heterocycles. The zero-order valence-corrected chi connectivity index (χ0v) is 44.0. The highest BCUT2D eigenvalue weighted by molar-refractivity contribution is 9.10. The number of aryl methyl sites for hydroxylation is 4. The highest BCUT2D eigenvalue weighted by Gasteiger charge is 2.27. The number of carboxylic acid groups (broad SMARTS) is 1. The summed E-state index contributed by atoms with van der Waals surface area (Å²) in [5, 5.41) is 27.0. The van der Waals surface area contributed by atoms with Crippen LogP contribution in [0.15, 0.2) is 107 Å². The third-order valence-corrected chi connectivity index (χ3v) is 11.8. The molecule has 0 aliphatic rings. The molecule has 0 saturated carbocycles. The molecular formula is C52H62Br2N8O6. The molecule has 0 bridgehead atoms. The van der Waals surface area contributed by atoms with Crippen LogP contribution in [0, 0.1) is 13.8 Å². The molecule has 0 saturated heterocycles. The van der Waals surface area contributed by atoms with Gasteiger partial charge in [-0.3, -0.25) is 23.9 Å². The molecule has 0 fully saturated rings. The second kappa shape index (κ2) is 22.2. The normalized spacial score (nSPS) is 12.3. The van der Waals surface area contributed by atoms with Gasteiger partial charge >= 0.3 is 12.2 Å². The van der Waals surface area contributed by atoms with Gasteiger partial charge in [-0.1, -0.05) is 56.1 Å². The molecule has 14 nitrogen and oxygen atoms in total. The van der Waals surface area contributed by atoms with Crippen LogP contribution in [0.1, 0.15) is 122 Å². The summed E-state index contributed by atoms with van der Waals surface area (Å²) >= 11 is 7.16. The van der Waals surface area contributed by atoms with Gasteiger partial charge in [0.25, 0.3) is 11.8 Å². The van der Waals surface area contributed by atoms with Crippen LogP contribution in [0.4, 0.5) is 9.59 Å². The Bertz CT molecular complexity index is 2780. The monoisotopic (exact) mass is 1050 g/mol. The molecular weight excluding hydrogens is 992 g/mol. The molecule has 6 aromatic rings. The Morgan fingerprint density at radius 2 is 1.12 bits per heavy atom. The van der Waals surface area contributed by atoms with Gasteiger partial charge in [-0.15, -0.1) is 0 Å². The number of nitrogens with zero attached hydrogens (tertiary/aromatic N) is 5. The Labute approximate surface area is 416 Å². The fourth-order valence-corrected chi connectivity index (χ4v) is 8.23. The van der Waals surface area contributed by atoms with E-state index in [0.717, 1.165) is 64.6 Å². The SMILES string of the molecule is Cc1ccc(CN(C(=O)O)C(C)(C)C)cc1C(=O)NC(C)c1cc(Br)cc(-c2cnn(C)c2)c1.Cc1ccc(CNC(=O)OC(C)(C)C)cc1C(=O)NC(C)c1cc(Br)cc(-c2cnn(C)c2)c1. The van der Waals surface area contributed by atoms with Gasteiger partial charge in [-0.2, -0.15) is 10.2 Å². The molecule has 16 heteroatoms. The molecule has 68 heavy (non-hydrogen) atoms. The first-order valence-corrected chi connectivity index (χ1v) is 23.7. The molecule has 4 aromatic carbocycles. The topological polar surface area (TPSA) is 173 Å². The first kappa shape index (κ1) is 52.7. The quantitative estimate of drug-likeness (QED) is 0.0937. The molecule has 2 aromatic heterocycles. The maximum atomic E-state index is 13.2. The number of carbonyl (C=O) groups is 4. The van der Waals surface area contributed by atoms with Gasteiger partial charge in [0.2, 0.25) is 0 Å². The molecule has 4 N–H and O–H groups in total. The summed E-state index contributed by atoms with van der Waals surface area (Å²) in [6.45, 7) is 19.1. The average Bonchev–Trinajstić information content (AvgIpc) is 3.89. The highest BCUT2D eigenvalue weighted by Crippen LogP contribution is 2.30. The third kappa shape index (κ3) is 14.9. The van der Waals surface area contributed by atoms with Crippen molar-refractivity contribution in [3.8, 4) is 22.3 Å². The van der Waals surface area contributed by atoms with Gasteiger partial charge in [0, 0.05) is 76.3 Å². The van der Waals surface area contributed by atoms with Gasteiger partial charge in [0.1, 0.15) is 5.60 Å². The summed E-state index contributed by atoms with van der Waals surface area (Å²) in [5.41, 5.74) is 9.20. The van der Waals surface area contributed by atoms with Crippen LogP contribution in [0.3, 0.4) is 0 Å². The Kier molecular flexibility index (Phi) is 17.2. The van der Waals surface area contributed by atoms with Crippen LogP contribution in [0.25, 0.3) is 22.3 Å². The minimum atomic E-state index is -0.994. The molecule has 2 unspecified atom stereocenters. The predicted octanol–water partition coefficient (Wildman–Crippen LogP) is 11.6. The fraction of sp³-hybridized carbons (Fsp3) is 0.346. The summed E-state index contributed by atoms with van der Waals surface area (Å²) < 4.78 is 10.6. The molecule has 0 aliphatic carbocycles. The number of ether oxygens (including phenoxy) is 1. The Balaban J connectivity index is 0.000000254. The maximum Gasteiger partial charge on any atom is 0.408 e. The van der Waals surface area contributed by atoms with E-state index >= 15 is 0 Å². The standard InChI is InChI=1S/2C26H31BrN4O3/c1-16-7-8-18(14-31(25(33)34)26(3,4)5)9-23(16)24(32)29-17(2)19-10-20(12-22(27)11-19)21-13-28-30(6)15-21;1-16-7-8-18(13-28-25(33)34-26(3,4)5)9-23(16)24(32)30-17(2)19-10-20(12-22(27)11-19)21-14-29-31(6)15-21/h7-13,15,17H,14H2,1-6H3,(H,29,32)(H,33,34);7-12,14-15,17H,13H2,1-6H3,(H,28,33)(H,30,32). The summed E-state index contributed by atoms with van der Waals surface area (Å²) in [4.78, 5) is 51.4. The highest BCUT2D eigenvalue weighted by atomic mass is 79.9. The number of nitrogens with one attached hydrogen (secondary N) is 3. The number of benzene rings is 4. The van der Waals surface area contributed by atoms with Crippen LogP contribution >= 0.6 is 31.9 Å². The van der Waals surface area contributed by atoms with Crippen molar-refractivity contribution >= 4 is 55.9 Å². The lowest BCUT2D eigenvalue weighted by atomic mass is 10.00. The Morgan fingerprint density at radius 1 is 0.676 bits per heavy atom. The van der Waals surface area contributed by atoms with Crippen LogP contribution < -0.4 is 16.0 Å². The van der Waals surface area contributed by atoms with E-state index in [1.165, 1.54) is 4.90 Å². The predicted molar refractivity (Wildman–Crippen MR) is 273 cm³/mol. The van der Waals surface area contributed by atoms with E-state index in [9.17, 15) is 24.3 Å². The van der Waals surface area contributed by atoms with Crippen LogP contribution in [0.5, 0.6) is 0 Å². The summed E-state index contributed by atoms with van der Waals surface area (Å²) in [6, 6.07) is 22.8. The largest absolute Gasteiger partial charge is 0.465 e. The smallest absolute Gasteiger partial charge is 0.408 e. The van der Waals surface area contributed by atoms with Crippen molar-refractivity contribution in [2.75, 3.05) is 0 Å². The second-order valence-corrected chi connectivity index (χ2v) is 20.8.